The quantitative estimate of drug-likeness (QED) is 0.142. The second-order valence-corrected chi connectivity index (χ2v) is 19.9. The number of amides is 1. The van der Waals surface area contributed by atoms with Gasteiger partial charge in [-0.3, -0.25) is 9.59 Å². The van der Waals surface area contributed by atoms with Crippen LogP contribution in [-0.4, -0.2) is 52.0 Å². The summed E-state index contributed by atoms with van der Waals surface area (Å²) in [4.78, 5) is 25.7. The number of alkyl halides is 3. The van der Waals surface area contributed by atoms with Crippen LogP contribution in [-0.2, 0) is 18.8 Å². The number of methoxy groups -OCH3 is 1. The first-order valence-electron chi connectivity index (χ1n) is 17.7. The summed E-state index contributed by atoms with van der Waals surface area (Å²) in [5.41, 5.74) is -0.563. The van der Waals surface area contributed by atoms with E-state index < -0.39 is 25.8 Å². The zero-order valence-electron chi connectivity index (χ0n) is 29.0. The number of carbonyl (C=O) groups is 2. The summed E-state index contributed by atoms with van der Waals surface area (Å²) in [5, 5.41) is 1.95. The van der Waals surface area contributed by atoms with Crippen molar-refractivity contribution < 1.29 is 31.9 Å². The third kappa shape index (κ3) is 7.29. The third-order valence-corrected chi connectivity index (χ3v) is 17.8. The first kappa shape index (κ1) is 37.5. The highest BCUT2D eigenvalue weighted by Gasteiger charge is 2.68. The molecule has 0 unspecified atom stereocenters. The van der Waals surface area contributed by atoms with Gasteiger partial charge in [0, 0.05) is 30.4 Å². The smallest absolute Gasteiger partial charge is 0.413 e. The Morgan fingerprint density at radius 3 is 2.09 bits per heavy atom. The Hall–Kier alpha value is -0.933. The molecule has 0 aliphatic heterocycles. The Bertz CT molecular complexity index is 966. The van der Waals surface area contributed by atoms with Crippen molar-refractivity contribution in [2.75, 3.05) is 13.7 Å². The Balaban J connectivity index is 1.78. The molecule has 3 aliphatic rings. The molecule has 0 saturated heterocycles. The van der Waals surface area contributed by atoms with Crippen LogP contribution in [0.5, 0.6) is 0 Å². The van der Waals surface area contributed by atoms with Crippen LogP contribution in [0.4, 0.5) is 13.2 Å². The van der Waals surface area contributed by atoms with E-state index in [4.69, 9.17) is 9.16 Å². The van der Waals surface area contributed by atoms with E-state index in [1.165, 1.54) is 0 Å². The maximum absolute atomic E-state index is 14.7. The Labute approximate surface area is 266 Å². The number of hydrogen-bond acceptors (Lipinski definition) is 4. The van der Waals surface area contributed by atoms with Crippen molar-refractivity contribution in [2.24, 2.45) is 34.0 Å². The average Bonchev–Trinajstić information content (AvgIpc) is 3.39. The first-order chi connectivity index (χ1) is 20.6. The molecule has 2 bridgehead atoms. The number of ether oxygens (including phenoxy) is 1. The van der Waals surface area contributed by atoms with Crippen molar-refractivity contribution >= 4 is 20.0 Å². The summed E-state index contributed by atoms with van der Waals surface area (Å²) in [7, 11) is -0.113. The van der Waals surface area contributed by atoms with Gasteiger partial charge in [-0.1, -0.05) is 80.6 Å². The van der Waals surface area contributed by atoms with E-state index in [0.717, 1.165) is 88.8 Å². The molecule has 3 fully saturated rings. The van der Waals surface area contributed by atoms with Crippen molar-refractivity contribution in [2.45, 2.75) is 162 Å². The minimum atomic E-state index is -4.82. The lowest BCUT2D eigenvalue weighted by atomic mass is 9.43. The molecule has 0 aromatic rings. The van der Waals surface area contributed by atoms with E-state index in [1.807, 2.05) is 12.4 Å². The zero-order valence-corrected chi connectivity index (χ0v) is 30.0. The molecule has 44 heavy (non-hydrogen) atoms. The Morgan fingerprint density at radius 2 is 1.52 bits per heavy atom. The van der Waals surface area contributed by atoms with Crippen LogP contribution in [0, 0.1) is 34.0 Å². The van der Waals surface area contributed by atoms with E-state index in [0.29, 0.717) is 24.0 Å². The maximum atomic E-state index is 14.7. The minimum Gasteiger partial charge on any atom is -0.413 e. The molecule has 0 spiro atoms. The molecule has 0 heterocycles. The number of rotatable bonds is 15. The fourth-order valence-corrected chi connectivity index (χ4v) is 12.8. The Morgan fingerprint density at radius 1 is 0.955 bits per heavy atom. The molecule has 0 aromatic carbocycles. The number of halogens is 3. The predicted octanol–water partition coefficient (Wildman–Crippen LogP) is 9.25. The Kier molecular flexibility index (Phi) is 12.7. The monoisotopic (exact) mass is 645 g/mol. The van der Waals surface area contributed by atoms with Crippen molar-refractivity contribution in [3.8, 4) is 0 Å². The van der Waals surface area contributed by atoms with E-state index >= 15 is 0 Å². The van der Waals surface area contributed by atoms with Crippen LogP contribution in [0.25, 0.3) is 0 Å². The number of hydrogen-bond donors (Lipinski definition) is 1. The minimum absolute atomic E-state index is 0.0112. The van der Waals surface area contributed by atoms with Gasteiger partial charge in [-0.25, -0.2) is 0 Å². The highest BCUT2D eigenvalue weighted by atomic mass is 28.4. The molecule has 256 valence electrons. The second-order valence-electron chi connectivity index (χ2n) is 15.2. The van der Waals surface area contributed by atoms with Gasteiger partial charge < -0.3 is 14.5 Å². The van der Waals surface area contributed by atoms with Crippen molar-refractivity contribution in [1.82, 2.24) is 5.32 Å². The molecule has 3 rings (SSSR count). The molecule has 3 aliphatic carbocycles. The molecular weight excluding hydrogens is 583 g/mol. The van der Waals surface area contributed by atoms with E-state index in [9.17, 15) is 22.8 Å². The van der Waals surface area contributed by atoms with Crippen LogP contribution in [0.1, 0.15) is 126 Å². The maximum Gasteiger partial charge on any atom is 0.471 e. The number of unbranched alkanes of at least 4 members (excludes halogenated alkanes) is 5. The van der Waals surface area contributed by atoms with Crippen molar-refractivity contribution in [3.63, 3.8) is 0 Å². The lowest BCUT2D eigenvalue weighted by Gasteiger charge is -2.63. The molecule has 0 aromatic heterocycles. The molecule has 9 heteroatoms. The van der Waals surface area contributed by atoms with Crippen LogP contribution >= 0.6 is 0 Å². The standard InChI is InChI=1S/C35H62F3NO4Si/c1-9-44(10-2,11-3)43-28-24-32(6,20-16-14-12-13-15-17-23-39-31(41)35(36,37)38)30(40)26(5)34-21-18-25(4)33(28,7)29(34)27(42-8)19-22-34/h25-29H,9-24H2,1-8H3,(H,39,41)/t25-,26+,27-,28-,29+,32+,33+,34+/m1/s1. The lowest BCUT2D eigenvalue weighted by molar-refractivity contribution is -0.189. The summed E-state index contributed by atoms with van der Waals surface area (Å²) in [5.74, 6) is -0.652. The molecule has 3 saturated carbocycles. The van der Waals surface area contributed by atoms with E-state index in [1.54, 1.807) is 0 Å². The van der Waals surface area contributed by atoms with Crippen molar-refractivity contribution in [3.05, 3.63) is 0 Å². The topological polar surface area (TPSA) is 64.6 Å². The normalized spacial score (nSPS) is 36.1. The van der Waals surface area contributed by atoms with Crippen molar-refractivity contribution in [1.29, 1.82) is 0 Å². The largest absolute Gasteiger partial charge is 0.471 e. The number of carbonyl (C=O) groups excluding carboxylic acids is 2. The van der Waals surface area contributed by atoms with Gasteiger partial charge >= 0.3 is 12.1 Å². The lowest BCUT2D eigenvalue weighted by Crippen LogP contribution is -2.64. The fourth-order valence-electron chi connectivity index (χ4n) is 9.84. The van der Waals surface area contributed by atoms with Crippen LogP contribution in [0.15, 0.2) is 0 Å². The summed E-state index contributed by atoms with van der Waals surface area (Å²) in [6.45, 7) is 16.3. The van der Waals surface area contributed by atoms with Gasteiger partial charge in [0.1, 0.15) is 5.78 Å². The molecular formula is C35H62F3NO4Si. The van der Waals surface area contributed by atoms with Gasteiger partial charge in [0.25, 0.3) is 0 Å². The van der Waals surface area contributed by atoms with Crippen LogP contribution in [0.3, 0.4) is 0 Å². The number of Topliss-reactive ketones (excluding diaryl/α,β-unsaturated/α-hetero) is 1. The second kappa shape index (κ2) is 14.9. The summed E-state index contributed by atoms with van der Waals surface area (Å²) >= 11 is 0. The van der Waals surface area contributed by atoms with E-state index in [-0.39, 0.29) is 35.5 Å². The molecule has 1 N–H and O–H groups in total. The first-order valence-corrected chi connectivity index (χ1v) is 20.2. The molecule has 1 amide bonds. The van der Waals surface area contributed by atoms with Gasteiger partial charge in [-0.05, 0) is 80.3 Å². The SMILES string of the molecule is CC[Si](CC)(CC)O[C@@H]1C[C@](C)(CCCCCCCCNC(=O)C(F)(F)F)C(=O)[C@H](C)[C@@]23CC[C@@H](C)[C@]1(C)[C@@H]2[C@H](OC)CC3. The van der Waals surface area contributed by atoms with Gasteiger partial charge in [0.2, 0.25) is 0 Å². The van der Waals surface area contributed by atoms with Crippen LogP contribution < -0.4 is 5.32 Å². The predicted molar refractivity (Wildman–Crippen MR) is 173 cm³/mol. The molecule has 8 atom stereocenters. The van der Waals surface area contributed by atoms with Gasteiger partial charge in [-0.2, -0.15) is 13.2 Å². The van der Waals surface area contributed by atoms with Gasteiger partial charge in [0.15, 0.2) is 8.32 Å². The zero-order chi connectivity index (χ0) is 33.0. The fraction of sp³-hybridized carbons (Fsp3) is 0.943. The summed E-state index contributed by atoms with van der Waals surface area (Å²) in [6, 6.07) is 3.27. The third-order valence-electron chi connectivity index (χ3n) is 13.2. The molecule has 0 radical (unpaired) electrons. The number of nitrogens with one attached hydrogen (secondary N) is 1. The summed E-state index contributed by atoms with van der Waals surface area (Å²) < 4.78 is 50.9. The van der Waals surface area contributed by atoms with Gasteiger partial charge in [0.05, 0.1) is 12.2 Å². The average molecular weight is 646 g/mol. The summed E-state index contributed by atoms with van der Waals surface area (Å²) in [6.07, 6.45) is 6.41. The number of ketones is 1. The molecule has 5 nitrogen and oxygen atoms in total. The highest BCUT2D eigenvalue weighted by Crippen LogP contribution is 2.69. The van der Waals surface area contributed by atoms with Crippen LogP contribution in [0.2, 0.25) is 18.1 Å². The highest BCUT2D eigenvalue weighted by molar-refractivity contribution is 6.73. The van der Waals surface area contributed by atoms with Gasteiger partial charge in [-0.15, -0.1) is 0 Å². The van der Waals surface area contributed by atoms with E-state index in [2.05, 4.69) is 48.5 Å².